The first kappa shape index (κ1) is 21.0. The van der Waals surface area contributed by atoms with E-state index in [9.17, 15) is 14.4 Å². The van der Waals surface area contributed by atoms with Crippen LogP contribution in [-0.4, -0.2) is 50.0 Å². The second-order valence-electron chi connectivity index (χ2n) is 6.37. The maximum absolute atomic E-state index is 12.2. The molecule has 2 aromatic carbocycles. The van der Waals surface area contributed by atoms with E-state index in [-0.39, 0.29) is 18.0 Å². The molecule has 0 aromatic heterocycles. The number of anilines is 1. The van der Waals surface area contributed by atoms with Crippen LogP contribution < -0.4 is 10.1 Å². The van der Waals surface area contributed by atoms with Gasteiger partial charge in [-0.25, -0.2) is 4.79 Å². The lowest BCUT2D eigenvalue weighted by Gasteiger charge is -2.18. The molecule has 2 amide bonds. The molecule has 1 N–H and O–H groups in total. The second kappa shape index (κ2) is 9.55. The SMILES string of the molecule is COc1cccc(C(=O)OCC(=O)N(C)CC(=O)Nc2c(C)cccc2C)c1. The standard InChI is InChI=1S/C21H24N2O5/c1-14-7-5-8-15(2)20(14)22-18(24)12-23(3)19(25)13-28-21(26)16-9-6-10-17(11-16)27-4/h5-11H,12-13H2,1-4H3,(H,22,24). The summed E-state index contributed by atoms with van der Waals surface area (Å²) in [4.78, 5) is 37.7. The number of nitrogens with zero attached hydrogens (tertiary/aromatic N) is 1. The van der Waals surface area contributed by atoms with Gasteiger partial charge in [0.25, 0.3) is 5.91 Å². The van der Waals surface area contributed by atoms with Gasteiger partial charge in [-0.1, -0.05) is 24.3 Å². The zero-order valence-electron chi connectivity index (χ0n) is 16.4. The number of benzene rings is 2. The number of para-hydroxylation sites is 1. The van der Waals surface area contributed by atoms with Crippen LogP contribution in [0, 0.1) is 13.8 Å². The highest BCUT2D eigenvalue weighted by molar-refractivity contribution is 5.96. The van der Waals surface area contributed by atoms with E-state index in [0.29, 0.717) is 5.75 Å². The smallest absolute Gasteiger partial charge is 0.338 e. The third-order valence-electron chi connectivity index (χ3n) is 4.18. The van der Waals surface area contributed by atoms with E-state index in [4.69, 9.17) is 9.47 Å². The summed E-state index contributed by atoms with van der Waals surface area (Å²) in [5.74, 6) is -0.929. The number of ether oxygens (including phenoxy) is 2. The Morgan fingerprint density at radius 3 is 2.32 bits per heavy atom. The molecule has 0 heterocycles. The van der Waals surface area contributed by atoms with Gasteiger partial charge in [-0.05, 0) is 43.2 Å². The summed E-state index contributed by atoms with van der Waals surface area (Å²) in [6, 6.07) is 12.1. The highest BCUT2D eigenvalue weighted by atomic mass is 16.5. The fourth-order valence-electron chi connectivity index (χ4n) is 2.57. The average Bonchev–Trinajstić information content (AvgIpc) is 2.68. The Kier molecular flexibility index (Phi) is 7.14. The van der Waals surface area contributed by atoms with E-state index in [1.54, 1.807) is 18.2 Å². The van der Waals surface area contributed by atoms with Gasteiger partial charge >= 0.3 is 5.97 Å². The van der Waals surface area contributed by atoms with Gasteiger partial charge in [0.15, 0.2) is 6.61 Å². The quantitative estimate of drug-likeness (QED) is 0.742. The van der Waals surface area contributed by atoms with Crippen molar-refractivity contribution in [2.45, 2.75) is 13.8 Å². The van der Waals surface area contributed by atoms with Crippen molar-refractivity contribution in [3.63, 3.8) is 0 Å². The molecule has 0 saturated carbocycles. The molecule has 0 aliphatic heterocycles. The zero-order chi connectivity index (χ0) is 20.7. The van der Waals surface area contributed by atoms with E-state index >= 15 is 0 Å². The van der Waals surface area contributed by atoms with E-state index in [0.717, 1.165) is 16.8 Å². The number of nitrogens with one attached hydrogen (secondary N) is 1. The predicted molar refractivity (Wildman–Crippen MR) is 105 cm³/mol. The number of hydrogen-bond donors (Lipinski definition) is 1. The van der Waals surface area contributed by atoms with Crippen LogP contribution in [0.2, 0.25) is 0 Å². The predicted octanol–water partition coefficient (Wildman–Crippen LogP) is 2.57. The maximum Gasteiger partial charge on any atom is 0.338 e. The van der Waals surface area contributed by atoms with E-state index in [1.165, 1.54) is 25.1 Å². The molecular formula is C21H24N2O5. The first-order chi connectivity index (χ1) is 13.3. The Morgan fingerprint density at radius 1 is 1.04 bits per heavy atom. The van der Waals surface area contributed by atoms with Crippen LogP contribution in [0.5, 0.6) is 5.75 Å². The van der Waals surface area contributed by atoms with Gasteiger partial charge in [-0.15, -0.1) is 0 Å². The van der Waals surface area contributed by atoms with Crippen molar-refractivity contribution in [1.82, 2.24) is 4.90 Å². The first-order valence-corrected chi connectivity index (χ1v) is 8.73. The molecule has 2 aromatic rings. The number of hydrogen-bond acceptors (Lipinski definition) is 5. The minimum absolute atomic E-state index is 0.149. The highest BCUT2D eigenvalue weighted by Crippen LogP contribution is 2.19. The maximum atomic E-state index is 12.2. The lowest BCUT2D eigenvalue weighted by atomic mass is 10.1. The number of aryl methyl sites for hydroxylation is 2. The molecule has 7 nitrogen and oxygen atoms in total. The number of carbonyl (C=O) groups excluding carboxylic acids is 3. The molecule has 0 saturated heterocycles. The Balaban J connectivity index is 1.86. The summed E-state index contributed by atoms with van der Waals surface area (Å²) < 4.78 is 10.1. The summed E-state index contributed by atoms with van der Waals surface area (Å²) in [6.07, 6.45) is 0. The fourth-order valence-corrected chi connectivity index (χ4v) is 2.57. The summed E-state index contributed by atoms with van der Waals surface area (Å²) in [5, 5.41) is 2.81. The lowest BCUT2D eigenvalue weighted by molar-refractivity contribution is -0.136. The van der Waals surface area contributed by atoms with Gasteiger partial charge in [0.1, 0.15) is 5.75 Å². The van der Waals surface area contributed by atoms with Crippen LogP contribution in [0.15, 0.2) is 42.5 Å². The first-order valence-electron chi connectivity index (χ1n) is 8.73. The second-order valence-corrected chi connectivity index (χ2v) is 6.37. The van der Waals surface area contributed by atoms with Crippen LogP contribution >= 0.6 is 0 Å². The van der Waals surface area contributed by atoms with Gasteiger partial charge in [0.2, 0.25) is 5.91 Å². The van der Waals surface area contributed by atoms with Gasteiger partial charge in [0, 0.05) is 12.7 Å². The monoisotopic (exact) mass is 384 g/mol. The van der Waals surface area contributed by atoms with Crippen LogP contribution in [-0.2, 0) is 14.3 Å². The van der Waals surface area contributed by atoms with Crippen molar-refractivity contribution in [2.24, 2.45) is 0 Å². The minimum Gasteiger partial charge on any atom is -0.497 e. The van der Waals surface area contributed by atoms with Gasteiger partial charge in [-0.3, -0.25) is 9.59 Å². The Morgan fingerprint density at radius 2 is 1.68 bits per heavy atom. The van der Waals surface area contributed by atoms with Gasteiger partial charge in [0.05, 0.1) is 19.2 Å². The number of amides is 2. The number of esters is 1. The summed E-state index contributed by atoms with van der Waals surface area (Å²) in [6.45, 7) is 3.19. The molecule has 7 heteroatoms. The van der Waals surface area contributed by atoms with Gasteiger partial charge < -0.3 is 19.7 Å². The van der Waals surface area contributed by atoms with Crippen molar-refractivity contribution in [2.75, 3.05) is 32.6 Å². The zero-order valence-corrected chi connectivity index (χ0v) is 16.4. The molecule has 0 bridgehead atoms. The Hall–Kier alpha value is -3.35. The third kappa shape index (κ3) is 5.57. The summed E-state index contributed by atoms with van der Waals surface area (Å²) >= 11 is 0. The van der Waals surface area contributed by atoms with Crippen molar-refractivity contribution in [1.29, 1.82) is 0 Å². The van der Waals surface area contributed by atoms with Crippen LogP contribution in [0.1, 0.15) is 21.5 Å². The Labute approximate surface area is 164 Å². The van der Waals surface area contributed by atoms with Crippen molar-refractivity contribution in [3.8, 4) is 5.75 Å². The number of rotatable bonds is 7. The summed E-state index contributed by atoms with van der Waals surface area (Å²) in [7, 11) is 2.97. The largest absolute Gasteiger partial charge is 0.497 e. The topological polar surface area (TPSA) is 84.9 Å². The molecule has 28 heavy (non-hydrogen) atoms. The molecule has 0 aliphatic rings. The number of carbonyl (C=O) groups is 3. The van der Waals surface area contributed by atoms with Crippen molar-refractivity contribution in [3.05, 3.63) is 59.2 Å². The molecule has 0 aliphatic carbocycles. The van der Waals surface area contributed by atoms with E-state index in [2.05, 4.69) is 5.32 Å². The van der Waals surface area contributed by atoms with Gasteiger partial charge in [-0.2, -0.15) is 0 Å². The Bertz CT molecular complexity index is 859. The normalized spacial score (nSPS) is 10.1. The van der Waals surface area contributed by atoms with Crippen LogP contribution in [0.4, 0.5) is 5.69 Å². The van der Waals surface area contributed by atoms with Crippen molar-refractivity contribution >= 4 is 23.5 Å². The molecule has 148 valence electrons. The molecule has 2 rings (SSSR count). The molecular weight excluding hydrogens is 360 g/mol. The average molecular weight is 384 g/mol. The lowest BCUT2D eigenvalue weighted by Crippen LogP contribution is -2.37. The fraction of sp³-hybridized carbons (Fsp3) is 0.286. The third-order valence-corrected chi connectivity index (χ3v) is 4.18. The van der Waals surface area contributed by atoms with E-state index in [1.807, 2.05) is 32.0 Å². The summed E-state index contributed by atoms with van der Waals surface area (Å²) in [5.41, 5.74) is 2.89. The number of likely N-dealkylation sites (N-methyl/N-ethyl adjacent to an activating group) is 1. The van der Waals surface area contributed by atoms with Crippen LogP contribution in [0.25, 0.3) is 0 Å². The van der Waals surface area contributed by atoms with Crippen LogP contribution in [0.3, 0.4) is 0 Å². The minimum atomic E-state index is -0.638. The highest BCUT2D eigenvalue weighted by Gasteiger charge is 2.17. The molecule has 0 atom stereocenters. The molecule has 0 spiro atoms. The van der Waals surface area contributed by atoms with E-state index < -0.39 is 18.5 Å². The number of methoxy groups -OCH3 is 1. The molecule has 0 fully saturated rings. The molecule has 0 radical (unpaired) electrons. The molecule has 0 unspecified atom stereocenters. The van der Waals surface area contributed by atoms with Crippen molar-refractivity contribution < 1.29 is 23.9 Å².